The molecule has 1 heterocycles. The summed E-state index contributed by atoms with van der Waals surface area (Å²) in [7, 11) is 0. The maximum atomic E-state index is 11.8. The van der Waals surface area contributed by atoms with Crippen molar-refractivity contribution >= 4 is 5.97 Å². The van der Waals surface area contributed by atoms with E-state index in [-0.39, 0.29) is 12.6 Å². The molecule has 5 heteroatoms. The van der Waals surface area contributed by atoms with E-state index in [0.717, 1.165) is 38.4 Å². The van der Waals surface area contributed by atoms with E-state index in [0.29, 0.717) is 6.42 Å². The van der Waals surface area contributed by atoms with Crippen LogP contribution in [0.3, 0.4) is 0 Å². The maximum absolute atomic E-state index is 11.8. The first-order valence-corrected chi connectivity index (χ1v) is 7.02. The number of ether oxygens (including phenoxy) is 2. The van der Waals surface area contributed by atoms with Gasteiger partial charge in [0.05, 0.1) is 13.2 Å². The van der Waals surface area contributed by atoms with Gasteiger partial charge in [-0.05, 0) is 12.0 Å². The lowest BCUT2D eigenvalue weighted by Crippen LogP contribution is -2.41. The van der Waals surface area contributed by atoms with Crippen molar-refractivity contribution in [1.29, 1.82) is 0 Å². The van der Waals surface area contributed by atoms with Crippen molar-refractivity contribution in [3.63, 3.8) is 0 Å². The molecule has 0 bridgehead atoms. The highest BCUT2D eigenvalue weighted by Crippen LogP contribution is 2.04. The van der Waals surface area contributed by atoms with E-state index in [1.165, 1.54) is 0 Å². The average molecular weight is 278 g/mol. The van der Waals surface area contributed by atoms with Gasteiger partial charge in [-0.3, -0.25) is 9.69 Å². The average Bonchev–Trinajstić information content (AvgIpc) is 2.52. The Morgan fingerprint density at radius 2 is 2.00 bits per heavy atom. The van der Waals surface area contributed by atoms with Crippen molar-refractivity contribution in [2.24, 2.45) is 5.73 Å². The summed E-state index contributed by atoms with van der Waals surface area (Å²) in [5.41, 5.74) is 6.84. The van der Waals surface area contributed by atoms with Crippen LogP contribution in [0.15, 0.2) is 30.3 Å². The second-order valence-corrected chi connectivity index (χ2v) is 4.94. The Labute approximate surface area is 119 Å². The number of nitrogens with zero attached hydrogens (tertiary/aromatic N) is 1. The van der Waals surface area contributed by atoms with Crippen molar-refractivity contribution in [2.45, 2.75) is 19.1 Å². The highest BCUT2D eigenvalue weighted by molar-refractivity contribution is 5.75. The summed E-state index contributed by atoms with van der Waals surface area (Å²) >= 11 is 0. The first-order valence-electron chi connectivity index (χ1n) is 7.02. The molecule has 0 saturated carbocycles. The summed E-state index contributed by atoms with van der Waals surface area (Å²) in [4.78, 5) is 14.1. The van der Waals surface area contributed by atoms with Gasteiger partial charge in [0.2, 0.25) is 0 Å². The van der Waals surface area contributed by atoms with Crippen LogP contribution in [-0.4, -0.2) is 49.8 Å². The number of hydrogen-bond donors (Lipinski definition) is 1. The fraction of sp³-hybridized carbons (Fsp3) is 0.533. The van der Waals surface area contributed by atoms with Gasteiger partial charge < -0.3 is 15.2 Å². The molecule has 0 unspecified atom stereocenters. The zero-order valence-electron chi connectivity index (χ0n) is 11.7. The lowest BCUT2D eigenvalue weighted by atomic mass is 10.2. The number of morpholine rings is 1. The van der Waals surface area contributed by atoms with E-state index in [4.69, 9.17) is 15.2 Å². The topological polar surface area (TPSA) is 64.8 Å². The van der Waals surface area contributed by atoms with Crippen molar-refractivity contribution in [1.82, 2.24) is 4.90 Å². The van der Waals surface area contributed by atoms with Gasteiger partial charge in [0, 0.05) is 19.6 Å². The summed E-state index contributed by atoms with van der Waals surface area (Å²) < 4.78 is 10.5. The number of carbonyl (C=O) groups is 1. The molecule has 0 radical (unpaired) electrons. The molecule has 1 aromatic rings. The summed E-state index contributed by atoms with van der Waals surface area (Å²) in [5.74, 6) is -0.331. The van der Waals surface area contributed by atoms with Crippen LogP contribution in [0, 0.1) is 0 Å². The molecule has 5 nitrogen and oxygen atoms in total. The molecule has 1 atom stereocenters. The zero-order chi connectivity index (χ0) is 14.2. The summed E-state index contributed by atoms with van der Waals surface area (Å²) in [6, 6.07) is 9.06. The number of esters is 1. The second-order valence-electron chi connectivity index (χ2n) is 4.94. The molecule has 1 fully saturated rings. The minimum absolute atomic E-state index is 0.283. The highest BCUT2D eigenvalue weighted by atomic mass is 16.5. The summed E-state index contributed by atoms with van der Waals surface area (Å²) in [6.07, 6.45) is 0.619. The minimum Gasteiger partial charge on any atom is -0.460 e. The molecule has 0 amide bonds. The third-order valence-corrected chi connectivity index (χ3v) is 3.39. The van der Waals surface area contributed by atoms with Crippen LogP contribution >= 0.6 is 0 Å². The van der Waals surface area contributed by atoms with Crippen LogP contribution in [0.4, 0.5) is 0 Å². The molecule has 1 aromatic carbocycles. The molecule has 110 valence electrons. The SMILES string of the molecule is N[C@@H](CCN1CCOCC1)C(=O)OCc1ccccc1. The summed E-state index contributed by atoms with van der Waals surface area (Å²) in [5, 5.41) is 0. The van der Waals surface area contributed by atoms with E-state index in [9.17, 15) is 4.79 Å². The third-order valence-electron chi connectivity index (χ3n) is 3.39. The number of hydrogen-bond acceptors (Lipinski definition) is 5. The smallest absolute Gasteiger partial charge is 0.323 e. The predicted octanol–water partition coefficient (Wildman–Crippen LogP) is 0.779. The number of carbonyl (C=O) groups excluding carboxylic acids is 1. The van der Waals surface area contributed by atoms with Crippen LogP contribution in [0.1, 0.15) is 12.0 Å². The van der Waals surface area contributed by atoms with Crippen molar-refractivity contribution in [3.05, 3.63) is 35.9 Å². The molecular formula is C15H22N2O3. The van der Waals surface area contributed by atoms with Gasteiger partial charge in [0.1, 0.15) is 12.6 Å². The Bertz CT molecular complexity index is 405. The number of benzene rings is 1. The van der Waals surface area contributed by atoms with E-state index < -0.39 is 6.04 Å². The van der Waals surface area contributed by atoms with E-state index in [2.05, 4.69) is 4.90 Å². The molecule has 2 rings (SSSR count). The van der Waals surface area contributed by atoms with Crippen molar-refractivity contribution in [3.8, 4) is 0 Å². The number of nitrogens with two attached hydrogens (primary N) is 1. The van der Waals surface area contributed by atoms with Gasteiger partial charge in [0.15, 0.2) is 0 Å². The van der Waals surface area contributed by atoms with Gasteiger partial charge in [0.25, 0.3) is 0 Å². The van der Waals surface area contributed by atoms with Gasteiger partial charge in [-0.1, -0.05) is 30.3 Å². The first-order chi connectivity index (χ1) is 9.75. The molecule has 0 aliphatic carbocycles. The minimum atomic E-state index is -0.554. The fourth-order valence-corrected chi connectivity index (χ4v) is 2.10. The largest absolute Gasteiger partial charge is 0.460 e. The fourth-order valence-electron chi connectivity index (χ4n) is 2.10. The molecule has 1 saturated heterocycles. The molecule has 1 aliphatic heterocycles. The molecule has 0 aromatic heterocycles. The summed E-state index contributed by atoms with van der Waals surface area (Å²) in [6.45, 7) is 4.43. The molecular weight excluding hydrogens is 256 g/mol. The Morgan fingerprint density at radius 3 is 2.70 bits per heavy atom. The number of rotatable bonds is 6. The Balaban J connectivity index is 1.66. The van der Waals surface area contributed by atoms with Gasteiger partial charge in [-0.15, -0.1) is 0 Å². The van der Waals surface area contributed by atoms with E-state index >= 15 is 0 Å². The van der Waals surface area contributed by atoms with Crippen LogP contribution in [0.5, 0.6) is 0 Å². The Morgan fingerprint density at radius 1 is 1.30 bits per heavy atom. The highest BCUT2D eigenvalue weighted by Gasteiger charge is 2.17. The molecule has 1 aliphatic rings. The molecule has 20 heavy (non-hydrogen) atoms. The maximum Gasteiger partial charge on any atom is 0.323 e. The van der Waals surface area contributed by atoms with E-state index in [1.807, 2.05) is 30.3 Å². The first kappa shape index (κ1) is 15.0. The zero-order valence-corrected chi connectivity index (χ0v) is 11.7. The van der Waals surface area contributed by atoms with Crippen LogP contribution in [-0.2, 0) is 20.9 Å². The van der Waals surface area contributed by atoms with Crippen LogP contribution < -0.4 is 5.73 Å². The lowest BCUT2D eigenvalue weighted by molar-refractivity contribution is -0.146. The standard InChI is InChI=1S/C15H22N2O3/c16-14(6-7-17-8-10-19-11-9-17)15(18)20-12-13-4-2-1-3-5-13/h1-5,14H,6-12,16H2/t14-/m0/s1. The monoisotopic (exact) mass is 278 g/mol. The van der Waals surface area contributed by atoms with Crippen molar-refractivity contribution < 1.29 is 14.3 Å². The molecule has 2 N–H and O–H groups in total. The quantitative estimate of drug-likeness (QED) is 0.779. The predicted molar refractivity (Wildman–Crippen MR) is 76.1 cm³/mol. The second kappa shape index (κ2) is 7.99. The Kier molecular flexibility index (Phi) is 5.98. The Hall–Kier alpha value is -1.43. The van der Waals surface area contributed by atoms with Crippen molar-refractivity contribution in [2.75, 3.05) is 32.8 Å². The normalized spacial score (nSPS) is 17.6. The third kappa shape index (κ3) is 4.92. The van der Waals surface area contributed by atoms with Gasteiger partial charge >= 0.3 is 5.97 Å². The lowest BCUT2D eigenvalue weighted by Gasteiger charge is -2.27. The van der Waals surface area contributed by atoms with Crippen LogP contribution in [0.2, 0.25) is 0 Å². The van der Waals surface area contributed by atoms with Crippen LogP contribution in [0.25, 0.3) is 0 Å². The van der Waals surface area contributed by atoms with Gasteiger partial charge in [-0.2, -0.15) is 0 Å². The molecule has 0 spiro atoms. The van der Waals surface area contributed by atoms with Gasteiger partial charge in [-0.25, -0.2) is 0 Å². The van der Waals surface area contributed by atoms with E-state index in [1.54, 1.807) is 0 Å².